The van der Waals surface area contributed by atoms with Crippen LogP contribution in [0.2, 0.25) is 0 Å². The second-order valence-electron chi connectivity index (χ2n) is 20.8. The number of hydrogen-bond acceptors (Lipinski definition) is 10. The number of nitrogens with zero attached hydrogens (tertiary/aromatic N) is 2. The third-order valence-corrected chi connectivity index (χ3v) is 13.8. The molecule has 6 aromatic carbocycles. The molecule has 2 heterocycles. The second-order valence-corrected chi connectivity index (χ2v) is 20.8. The van der Waals surface area contributed by atoms with E-state index in [2.05, 4.69) is 10.6 Å². The topological polar surface area (TPSA) is 229 Å². The number of aliphatic carboxylic acids is 2. The van der Waals surface area contributed by atoms with E-state index in [0.29, 0.717) is 44.8 Å². The smallest absolute Gasteiger partial charge is 0.550 e. The third-order valence-electron chi connectivity index (χ3n) is 13.8. The van der Waals surface area contributed by atoms with Crippen LogP contribution in [0.4, 0.5) is 20.2 Å². The van der Waals surface area contributed by atoms with Crippen molar-refractivity contribution in [1.82, 2.24) is 9.13 Å². The standard InChI is InChI=1S/2C33H35FN2O5.Ca/c2*1-21(2)31-30(33(41)35-25-11-7-4-8-12-25)29(22-13-15-24(34)16-14-22)32(23-9-5-3-6-10-23)36(31)18-17-26(37)19-27(38)20-28(39)40;/h2*3-16,21,26-27,37-38H,17-20H2,1-2H3,(H,35,41)(H,39,40);/q;;+2/p-2/t2*26-,27-;/m10./s1. The molecule has 428 valence electrons. The Morgan fingerprint density at radius 3 is 1.04 bits per heavy atom. The second kappa shape index (κ2) is 30.9. The number of aromatic nitrogens is 2. The van der Waals surface area contributed by atoms with E-state index in [1.807, 2.05) is 134 Å². The van der Waals surface area contributed by atoms with Crippen LogP contribution in [0.25, 0.3) is 44.8 Å². The Balaban J connectivity index is 0.000000263. The van der Waals surface area contributed by atoms with Crippen molar-refractivity contribution in [3.8, 4) is 44.8 Å². The van der Waals surface area contributed by atoms with Crippen LogP contribution in [0, 0.1) is 11.6 Å². The minimum atomic E-state index is -1.39. The molecule has 0 aliphatic carbocycles. The summed E-state index contributed by atoms with van der Waals surface area (Å²) in [6.45, 7) is 8.49. The summed E-state index contributed by atoms with van der Waals surface area (Å²) in [5, 5.41) is 69.2. The number of carbonyl (C=O) groups is 4. The first-order chi connectivity index (χ1) is 39.3. The first-order valence-electron chi connectivity index (χ1n) is 27.3. The summed E-state index contributed by atoms with van der Waals surface area (Å²) in [6, 6.07) is 49.4. The van der Waals surface area contributed by atoms with Crippen molar-refractivity contribution in [2.24, 2.45) is 0 Å². The van der Waals surface area contributed by atoms with Gasteiger partial charge in [0.15, 0.2) is 0 Å². The van der Waals surface area contributed by atoms with Gasteiger partial charge in [0.25, 0.3) is 11.8 Å². The average molecular weight is 1160 g/mol. The fourth-order valence-corrected chi connectivity index (χ4v) is 10.4. The summed E-state index contributed by atoms with van der Waals surface area (Å²) in [6.07, 6.45) is -5.45. The number of nitrogens with one attached hydrogen (secondary N) is 2. The molecule has 83 heavy (non-hydrogen) atoms. The summed E-state index contributed by atoms with van der Waals surface area (Å²) in [5.74, 6) is -4.45. The zero-order chi connectivity index (χ0) is 59.0. The maximum absolute atomic E-state index is 14.0. The van der Waals surface area contributed by atoms with Gasteiger partial charge in [-0.25, -0.2) is 8.78 Å². The van der Waals surface area contributed by atoms with Crippen LogP contribution in [-0.4, -0.2) is 115 Å². The molecule has 8 rings (SSSR count). The molecule has 0 aliphatic rings. The van der Waals surface area contributed by atoms with Crippen LogP contribution < -0.4 is 20.8 Å². The Kier molecular flexibility index (Phi) is 24.1. The third kappa shape index (κ3) is 17.4. The molecule has 0 radical (unpaired) electrons. The number of aliphatic hydroxyl groups is 4. The molecule has 17 heteroatoms. The SMILES string of the molecule is CC(C)c1c(C(=O)Nc2ccccc2)c(-c2ccc(F)cc2)c(-c2ccccc2)n1CC[C@@H](O)C[C@@H](O)CC(=O)[O-].CC(C)c1c(C(=O)Nc2ccccc2)c(-c2ccc(F)cc2)c(-c2ccccc2)n1CC[C@H](O)C[C@H](O)CC(=O)[O-].[Ca+2]. The van der Waals surface area contributed by atoms with Crippen LogP contribution in [0.3, 0.4) is 0 Å². The average Bonchev–Trinajstić information content (AvgIpc) is 3.22. The molecule has 2 amide bonds. The Hall–Kier alpha value is -7.28. The van der Waals surface area contributed by atoms with Gasteiger partial charge in [0, 0.05) is 71.8 Å². The molecular weight excluding hydrogens is 1090 g/mol. The minimum absolute atomic E-state index is 0. The number of carboxylic acids is 2. The van der Waals surface area contributed by atoms with Gasteiger partial charge in [-0.05, 0) is 108 Å². The zero-order valence-electron chi connectivity index (χ0n) is 46.9. The van der Waals surface area contributed by atoms with Crippen LogP contribution in [0.15, 0.2) is 170 Å². The maximum Gasteiger partial charge on any atom is 2.00 e. The Bertz CT molecular complexity index is 3170. The number of carbonyl (C=O) groups excluding carboxylic acids is 4. The van der Waals surface area contributed by atoms with E-state index in [1.165, 1.54) is 24.3 Å². The summed E-state index contributed by atoms with van der Waals surface area (Å²) >= 11 is 0. The summed E-state index contributed by atoms with van der Waals surface area (Å²) in [5.41, 5.74) is 9.36. The number of hydrogen-bond donors (Lipinski definition) is 6. The number of benzene rings is 6. The molecule has 2 aromatic heterocycles. The number of anilines is 2. The normalized spacial score (nSPS) is 12.6. The molecule has 0 saturated carbocycles. The molecule has 0 spiro atoms. The van der Waals surface area contributed by atoms with E-state index in [-0.39, 0.29) is 100 Å². The van der Waals surface area contributed by atoms with Gasteiger partial charge in [0.1, 0.15) is 11.6 Å². The Labute approximate surface area is 512 Å². The van der Waals surface area contributed by atoms with Crippen LogP contribution in [0.1, 0.15) is 110 Å². The Morgan fingerprint density at radius 1 is 0.446 bits per heavy atom. The van der Waals surface area contributed by atoms with Crippen LogP contribution in [-0.2, 0) is 22.7 Å². The number of rotatable bonds is 24. The molecule has 0 aliphatic heterocycles. The number of halogens is 2. The van der Waals surface area contributed by atoms with Crippen LogP contribution >= 0.6 is 0 Å². The first kappa shape index (κ1) is 64.9. The molecule has 0 fully saturated rings. The van der Waals surface area contributed by atoms with Gasteiger partial charge in [-0.15, -0.1) is 0 Å². The molecule has 4 atom stereocenters. The molecule has 0 bridgehead atoms. The quantitative estimate of drug-likeness (QED) is 0.0314. The van der Waals surface area contributed by atoms with Crippen LogP contribution in [0.5, 0.6) is 0 Å². The molecule has 14 nitrogen and oxygen atoms in total. The monoisotopic (exact) mass is 1150 g/mol. The fraction of sp³-hybridized carbons (Fsp3) is 0.273. The van der Waals surface area contributed by atoms with E-state index in [0.717, 1.165) is 33.9 Å². The van der Waals surface area contributed by atoms with Gasteiger partial charge >= 0.3 is 37.7 Å². The van der Waals surface area contributed by atoms with Crippen molar-refractivity contribution in [2.45, 2.75) is 116 Å². The Morgan fingerprint density at radius 2 is 0.747 bits per heavy atom. The number of amides is 2. The van der Waals surface area contributed by atoms with Crippen molar-refractivity contribution in [1.29, 1.82) is 0 Å². The van der Waals surface area contributed by atoms with Gasteiger partial charge in [0.2, 0.25) is 0 Å². The van der Waals surface area contributed by atoms with E-state index < -0.39 is 60.8 Å². The van der Waals surface area contributed by atoms with E-state index in [9.17, 15) is 58.6 Å². The van der Waals surface area contributed by atoms with Crippen molar-refractivity contribution in [3.05, 3.63) is 204 Å². The predicted molar refractivity (Wildman–Crippen MR) is 315 cm³/mol. The summed E-state index contributed by atoms with van der Waals surface area (Å²) in [4.78, 5) is 49.8. The fourth-order valence-electron chi connectivity index (χ4n) is 10.4. The van der Waals surface area contributed by atoms with E-state index in [1.54, 1.807) is 48.5 Å². The van der Waals surface area contributed by atoms with Crippen molar-refractivity contribution >= 4 is 72.9 Å². The van der Waals surface area contributed by atoms with Gasteiger partial charge < -0.3 is 60.0 Å². The molecule has 6 N–H and O–H groups in total. The molecular formula is C66H68CaF2N4O10. The minimum Gasteiger partial charge on any atom is -0.550 e. The summed E-state index contributed by atoms with van der Waals surface area (Å²) < 4.78 is 32.0. The van der Waals surface area contributed by atoms with Crippen molar-refractivity contribution < 1.29 is 58.6 Å². The predicted octanol–water partition coefficient (Wildman–Crippen LogP) is 9.58. The van der Waals surface area contributed by atoms with E-state index in [4.69, 9.17) is 0 Å². The van der Waals surface area contributed by atoms with Gasteiger partial charge in [-0.2, -0.15) is 0 Å². The van der Waals surface area contributed by atoms with Gasteiger partial charge in [0.05, 0.1) is 46.9 Å². The van der Waals surface area contributed by atoms with Gasteiger partial charge in [-0.1, -0.05) is 149 Å². The first-order valence-corrected chi connectivity index (χ1v) is 27.3. The van der Waals surface area contributed by atoms with Crippen molar-refractivity contribution in [3.63, 3.8) is 0 Å². The van der Waals surface area contributed by atoms with E-state index >= 15 is 0 Å². The molecule has 8 aromatic rings. The van der Waals surface area contributed by atoms with Crippen molar-refractivity contribution in [2.75, 3.05) is 10.6 Å². The summed E-state index contributed by atoms with van der Waals surface area (Å²) in [7, 11) is 0. The number of para-hydroxylation sites is 2. The van der Waals surface area contributed by atoms with Gasteiger partial charge in [-0.3, -0.25) is 9.59 Å². The number of carboxylic acid groups (broad SMARTS) is 2. The molecule has 0 unspecified atom stereocenters. The maximum atomic E-state index is 14.0. The number of aliphatic hydroxyl groups excluding tert-OH is 4. The largest absolute Gasteiger partial charge is 2.00 e. The zero-order valence-corrected chi connectivity index (χ0v) is 49.1. The molecule has 0 saturated heterocycles.